The Morgan fingerprint density at radius 3 is 2.86 bits per heavy atom. The number of benzene rings is 1. The Balaban J connectivity index is 1.78. The van der Waals surface area contributed by atoms with Gasteiger partial charge in [-0.05, 0) is 30.7 Å². The summed E-state index contributed by atoms with van der Waals surface area (Å²) in [6, 6.07) is 5.96. The fraction of sp³-hybridized carbons (Fsp3) is 0.235. The Morgan fingerprint density at radius 2 is 2.14 bits per heavy atom. The van der Waals surface area contributed by atoms with E-state index in [1.165, 1.54) is 25.4 Å². The maximum Gasteiger partial charge on any atom is 0.262 e. The Kier molecular flexibility index (Phi) is 5.54. The number of aromatic nitrogens is 1. The molecular weight excluding hydrogens is 408 g/mol. The molecule has 0 saturated heterocycles. The highest BCUT2D eigenvalue weighted by molar-refractivity contribution is 7.89. The summed E-state index contributed by atoms with van der Waals surface area (Å²) in [6.45, 7) is 1.18. The molecule has 1 aliphatic heterocycles. The van der Waals surface area contributed by atoms with E-state index in [-0.39, 0.29) is 33.9 Å². The van der Waals surface area contributed by atoms with Crippen molar-refractivity contribution >= 4 is 44.9 Å². The molecule has 0 aliphatic carbocycles. The Bertz CT molecular complexity index is 1060. The van der Waals surface area contributed by atoms with E-state index in [1.54, 1.807) is 12.1 Å². The zero-order chi connectivity index (χ0) is 20.5. The lowest BCUT2D eigenvalue weighted by Crippen LogP contribution is -2.35. The van der Waals surface area contributed by atoms with Crippen molar-refractivity contribution in [3.05, 3.63) is 41.0 Å². The number of nitrogens with zero attached hydrogens (tertiary/aromatic N) is 2. The number of pyridine rings is 1. The lowest BCUT2D eigenvalue weighted by molar-refractivity contribution is -0.118. The van der Waals surface area contributed by atoms with Crippen molar-refractivity contribution < 1.29 is 22.7 Å². The molecule has 2 heterocycles. The summed E-state index contributed by atoms with van der Waals surface area (Å²) < 4.78 is 31.8. The van der Waals surface area contributed by atoms with Crippen molar-refractivity contribution in [3.63, 3.8) is 0 Å². The molecule has 148 valence electrons. The number of sulfonamides is 1. The van der Waals surface area contributed by atoms with Crippen LogP contribution in [0.4, 0.5) is 11.5 Å². The number of halogens is 1. The SMILES string of the molecule is Cc1ccnc(NC(=O)CN(C)S(=O)(=O)c2cc3c(cc2Cl)NC(=O)CO3)c1. The van der Waals surface area contributed by atoms with Crippen molar-refractivity contribution in [2.45, 2.75) is 11.8 Å². The number of fused-ring (bicyclic) bond motifs is 1. The smallest absolute Gasteiger partial charge is 0.262 e. The topological polar surface area (TPSA) is 118 Å². The third kappa shape index (κ3) is 4.24. The van der Waals surface area contributed by atoms with Crippen LogP contribution >= 0.6 is 11.6 Å². The molecule has 0 bridgehead atoms. The van der Waals surface area contributed by atoms with Crippen LogP contribution in [-0.2, 0) is 19.6 Å². The second-order valence-electron chi connectivity index (χ2n) is 6.14. The Morgan fingerprint density at radius 1 is 1.39 bits per heavy atom. The van der Waals surface area contributed by atoms with E-state index in [9.17, 15) is 18.0 Å². The third-order valence-electron chi connectivity index (χ3n) is 3.90. The van der Waals surface area contributed by atoms with Gasteiger partial charge in [-0.1, -0.05) is 11.6 Å². The van der Waals surface area contributed by atoms with Crippen molar-refractivity contribution in [3.8, 4) is 5.75 Å². The maximum atomic E-state index is 12.8. The molecule has 0 radical (unpaired) electrons. The van der Waals surface area contributed by atoms with Crippen LogP contribution < -0.4 is 15.4 Å². The number of amides is 2. The summed E-state index contributed by atoms with van der Waals surface area (Å²) in [5.74, 6) is -0.407. The molecule has 1 aliphatic rings. The zero-order valence-corrected chi connectivity index (χ0v) is 16.6. The van der Waals surface area contributed by atoms with Gasteiger partial charge < -0.3 is 15.4 Å². The first kappa shape index (κ1) is 20.1. The lowest BCUT2D eigenvalue weighted by Gasteiger charge is -2.22. The summed E-state index contributed by atoms with van der Waals surface area (Å²) in [5, 5.41) is 4.99. The van der Waals surface area contributed by atoms with Crippen molar-refractivity contribution in [2.75, 3.05) is 30.8 Å². The van der Waals surface area contributed by atoms with Crippen LogP contribution in [0.15, 0.2) is 35.4 Å². The number of rotatable bonds is 5. The molecular formula is C17H17ClN4O5S. The summed E-state index contributed by atoms with van der Waals surface area (Å²) in [5.41, 5.74) is 1.19. The quantitative estimate of drug-likeness (QED) is 0.753. The second kappa shape index (κ2) is 7.74. The molecule has 0 fully saturated rings. The number of hydrogen-bond donors (Lipinski definition) is 2. The Labute approximate surface area is 166 Å². The normalized spacial score (nSPS) is 13.5. The van der Waals surface area contributed by atoms with Gasteiger partial charge in [0.15, 0.2) is 6.61 Å². The van der Waals surface area contributed by atoms with Gasteiger partial charge in [0.1, 0.15) is 16.5 Å². The van der Waals surface area contributed by atoms with Gasteiger partial charge in [0.05, 0.1) is 17.3 Å². The number of aryl methyl sites for hydroxylation is 1. The average molecular weight is 425 g/mol. The second-order valence-corrected chi connectivity index (χ2v) is 8.56. The number of likely N-dealkylation sites (N-methyl/N-ethyl adjacent to an activating group) is 1. The van der Waals surface area contributed by atoms with E-state index in [0.29, 0.717) is 5.82 Å². The predicted octanol–water partition coefficient (Wildman–Crippen LogP) is 1.63. The molecule has 9 nitrogen and oxygen atoms in total. The number of ether oxygens (including phenoxy) is 1. The molecule has 28 heavy (non-hydrogen) atoms. The highest BCUT2D eigenvalue weighted by Gasteiger charge is 2.28. The minimum atomic E-state index is -4.08. The van der Waals surface area contributed by atoms with Crippen LogP contribution in [0.3, 0.4) is 0 Å². The number of hydrogen-bond acceptors (Lipinski definition) is 6. The maximum absolute atomic E-state index is 12.8. The average Bonchev–Trinajstić information content (AvgIpc) is 2.60. The van der Waals surface area contributed by atoms with Gasteiger partial charge in [0, 0.05) is 19.3 Å². The fourth-order valence-corrected chi connectivity index (χ4v) is 4.16. The zero-order valence-electron chi connectivity index (χ0n) is 15.0. The van der Waals surface area contributed by atoms with Crippen LogP contribution in [0, 0.1) is 6.92 Å². The van der Waals surface area contributed by atoms with Crippen LogP contribution in [0.25, 0.3) is 0 Å². The van der Waals surface area contributed by atoms with Gasteiger partial charge in [-0.2, -0.15) is 4.31 Å². The first-order valence-corrected chi connectivity index (χ1v) is 9.93. The Hall–Kier alpha value is -2.69. The summed E-state index contributed by atoms with van der Waals surface area (Å²) in [7, 11) is -2.82. The predicted molar refractivity (Wildman–Crippen MR) is 103 cm³/mol. The third-order valence-corrected chi connectivity index (χ3v) is 6.17. The first-order chi connectivity index (χ1) is 13.2. The van der Waals surface area contributed by atoms with Crippen molar-refractivity contribution in [1.29, 1.82) is 0 Å². The van der Waals surface area contributed by atoms with Gasteiger partial charge in [-0.3, -0.25) is 9.59 Å². The van der Waals surface area contributed by atoms with E-state index in [2.05, 4.69) is 15.6 Å². The minimum Gasteiger partial charge on any atom is -0.482 e. The summed E-state index contributed by atoms with van der Waals surface area (Å²) in [4.78, 5) is 27.3. The lowest BCUT2D eigenvalue weighted by atomic mass is 10.2. The van der Waals surface area contributed by atoms with E-state index in [4.69, 9.17) is 16.3 Å². The molecule has 3 rings (SSSR count). The molecule has 1 aromatic carbocycles. The highest BCUT2D eigenvalue weighted by Crippen LogP contribution is 2.36. The highest BCUT2D eigenvalue weighted by atomic mass is 35.5. The van der Waals surface area contributed by atoms with Crippen molar-refractivity contribution in [1.82, 2.24) is 9.29 Å². The molecule has 11 heteroatoms. The van der Waals surface area contributed by atoms with Gasteiger partial charge in [0.2, 0.25) is 15.9 Å². The number of carbonyl (C=O) groups excluding carboxylic acids is 2. The van der Waals surface area contributed by atoms with Gasteiger partial charge in [0.25, 0.3) is 5.91 Å². The monoisotopic (exact) mass is 424 g/mol. The van der Waals surface area contributed by atoms with Crippen LogP contribution in [0.5, 0.6) is 5.75 Å². The molecule has 0 atom stereocenters. The van der Waals surface area contributed by atoms with Crippen LogP contribution in [-0.4, -0.2) is 49.7 Å². The molecule has 0 saturated carbocycles. The molecule has 0 spiro atoms. The van der Waals surface area contributed by atoms with E-state index < -0.39 is 22.5 Å². The van der Waals surface area contributed by atoms with Gasteiger partial charge in [-0.25, -0.2) is 13.4 Å². The standard InChI is InChI=1S/C17H17ClN4O5S/c1-10-3-4-19-15(5-10)21-16(23)8-22(2)28(25,26)14-7-13-12(6-11(14)18)20-17(24)9-27-13/h3-7H,8-9H2,1-2H3,(H,20,24)(H,19,21,23). The van der Waals surface area contributed by atoms with Crippen LogP contribution in [0.1, 0.15) is 5.56 Å². The fourth-order valence-electron chi connectivity index (χ4n) is 2.52. The molecule has 2 N–H and O–H groups in total. The number of nitrogens with one attached hydrogen (secondary N) is 2. The molecule has 1 aromatic heterocycles. The van der Waals surface area contributed by atoms with Crippen molar-refractivity contribution in [2.24, 2.45) is 0 Å². The largest absolute Gasteiger partial charge is 0.482 e. The van der Waals surface area contributed by atoms with E-state index in [0.717, 1.165) is 9.87 Å². The molecule has 2 aromatic rings. The minimum absolute atomic E-state index is 0.0999. The number of anilines is 2. The first-order valence-electron chi connectivity index (χ1n) is 8.12. The van der Waals surface area contributed by atoms with E-state index in [1.807, 2.05) is 6.92 Å². The van der Waals surface area contributed by atoms with E-state index >= 15 is 0 Å². The van der Waals surface area contributed by atoms with Gasteiger partial charge >= 0.3 is 0 Å². The van der Waals surface area contributed by atoms with Gasteiger partial charge in [-0.15, -0.1) is 0 Å². The number of carbonyl (C=O) groups is 2. The summed E-state index contributed by atoms with van der Waals surface area (Å²) in [6.07, 6.45) is 1.54. The molecule has 2 amide bonds. The van der Waals surface area contributed by atoms with Crippen LogP contribution in [0.2, 0.25) is 5.02 Å². The summed E-state index contributed by atoms with van der Waals surface area (Å²) >= 11 is 6.10. The molecule has 0 unspecified atom stereocenters.